The van der Waals surface area contributed by atoms with E-state index in [9.17, 15) is 30.3 Å². The van der Waals surface area contributed by atoms with Crippen molar-refractivity contribution in [3.8, 4) is 11.5 Å². The molecule has 0 aliphatic carbocycles. The quantitative estimate of drug-likeness (QED) is 0.328. The summed E-state index contributed by atoms with van der Waals surface area (Å²) in [6, 6.07) is 1.71. The van der Waals surface area contributed by atoms with Crippen LogP contribution in [0.3, 0.4) is 0 Å². The van der Waals surface area contributed by atoms with Gasteiger partial charge in [0.1, 0.15) is 47.1 Å². The van der Waals surface area contributed by atoms with Crippen LogP contribution in [0.15, 0.2) is 23.8 Å². The van der Waals surface area contributed by atoms with Crippen molar-refractivity contribution in [2.45, 2.75) is 89.7 Å². The Hall–Kier alpha value is -2.43. The first-order valence-corrected chi connectivity index (χ1v) is 11.9. The van der Waals surface area contributed by atoms with Crippen LogP contribution in [0.5, 0.6) is 11.5 Å². The third-order valence-electron chi connectivity index (χ3n) is 6.32. The molecular weight excluding hydrogens is 456 g/mol. The van der Waals surface area contributed by atoms with Gasteiger partial charge in [-0.25, -0.2) is 4.79 Å². The molecule has 0 aromatic heterocycles. The average Bonchev–Trinajstić information content (AvgIpc) is 2.78. The first-order chi connectivity index (χ1) is 16.5. The Morgan fingerprint density at radius 3 is 2.51 bits per heavy atom. The van der Waals surface area contributed by atoms with Gasteiger partial charge in [-0.15, -0.1) is 0 Å². The van der Waals surface area contributed by atoms with Crippen LogP contribution in [0.1, 0.15) is 68.4 Å². The van der Waals surface area contributed by atoms with Gasteiger partial charge in [-0.1, -0.05) is 25.0 Å². The number of aryl methyl sites for hydroxylation is 1. The number of benzene rings is 1. The molecule has 1 unspecified atom stereocenters. The van der Waals surface area contributed by atoms with Crippen molar-refractivity contribution in [2.24, 2.45) is 0 Å². The second kappa shape index (κ2) is 11.1. The van der Waals surface area contributed by atoms with Crippen LogP contribution < -0.4 is 9.47 Å². The summed E-state index contributed by atoms with van der Waals surface area (Å²) < 4.78 is 17.7. The molecule has 1 aromatic carbocycles. The van der Waals surface area contributed by atoms with Crippen LogP contribution >= 0.6 is 0 Å². The van der Waals surface area contributed by atoms with Gasteiger partial charge in [0.15, 0.2) is 0 Å². The predicted molar refractivity (Wildman–Crippen MR) is 129 cm³/mol. The number of carbonyl (C=O) groups is 1. The van der Waals surface area contributed by atoms with Crippen LogP contribution in [0.4, 0.5) is 0 Å². The molecule has 2 aliphatic heterocycles. The van der Waals surface area contributed by atoms with Gasteiger partial charge in [0.25, 0.3) is 0 Å². The van der Waals surface area contributed by atoms with Gasteiger partial charge in [0.2, 0.25) is 6.29 Å². The van der Waals surface area contributed by atoms with E-state index in [0.717, 1.165) is 6.42 Å². The van der Waals surface area contributed by atoms with Gasteiger partial charge in [0.05, 0.1) is 12.2 Å². The van der Waals surface area contributed by atoms with Gasteiger partial charge >= 0.3 is 5.97 Å². The molecular formula is C26H36O9. The number of carboxylic acids is 1. The molecule has 0 radical (unpaired) electrons. The Kier molecular flexibility index (Phi) is 8.61. The number of fused-ring (bicyclic) bond motifs is 1. The van der Waals surface area contributed by atoms with E-state index >= 15 is 0 Å². The van der Waals surface area contributed by atoms with Crippen molar-refractivity contribution >= 4 is 12.0 Å². The zero-order valence-corrected chi connectivity index (χ0v) is 20.6. The van der Waals surface area contributed by atoms with E-state index in [4.69, 9.17) is 14.2 Å². The number of hydrogen-bond donors (Lipinski definition) is 5. The molecule has 2 aliphatic rings. The standard InChI is InChI=1S/C26H36O9/c1-5-7-15-12-17-16(9-11-26(4,35-17)10-6-8-14(2)3)23(19(15)24(31)32)34-25-22(30)21(29)20(28)18(13-27)33-25/h8-9,11-12,18,20-22,25,27-30H,5-7,10,13H2,1-4H3,(H,31,32)/t18-,20-,21+,22-,25+,26?/m1/s1. The number of aliphatic hydroxyl groups is 4. The fraction of sp³-hybridized carbons (Fsp3) is 0.577. The highest BCUT2D eigenvalue weighted by atomic mass is 16.7. The fourth-order valence-corrected chi connectivity index (χ4v) is 4.37. The molecule has 0 saturated carbocycles. The van der Waals surface area contributed by atoms with Crippen molar-refractivity contribution in [2.75, 3.05) is 6.61 Å². The highest BCUT2D eigenvalue weighted by molar-refractivity contribution is 5.95. The van der Waals surface area contributed by atoms with Crippen molar-refractivity contribution in [3.05, 3.63) is 40.5 Å². The van der Waals surface area contributed by atoms with Crippen LogP contribution in [0.25, 0.3) is 6.08 Å². The third-order valence-corrected chi connectivity index (χ3v) is 6.32. The van der Waals surface area contributed by atoms with Gasteiger partial charge in [0, 0.05) is 0 Å². The van der Waals surface area contributed by atoms with Crippen LogP contribution in [0.2, 0.25) is 0 Å². The summed E-state index contributed by atoms with van der Waals surface area (Å²) in [5.41, 5.74) is 1.37. The molecule has 0 bridgehead atoms. The minimum absolute atomic E-state index is 0.0645. The van der Waals surface area contributed by atoms with Crippen LogP contribution in [0, 0.1) is 0 Å². The lowest BCUT2D eigenvalue weighted by Gasteiger charge is -2.40. The molecule has 35 heavy (non-hydrogen) atoms. The summed E-state index contributed by atoms with van der Waals surface area (Å²) in [7, 11) is 0. The minimum Gasteiger partial charge on any atom is -0.483 e. The summed E-state index contributed by atoms with van der Waals surface area (Å²) in [6.07, 6.45) is 0.747. The lowest BCUT2D eigenvalue weighted by molar-refractivity contribution is -0.277. The van der Waals surface area contributed by atoms with Gasteiger partial charge in [-0.3, -0.25) is 0 Å². The minimum atomic E-state index is -1.68. The molecule has 1 saturated heterocycles. The number of aromatic carboxylic acids is 1. The van der Waals surface area contributed by atoms with E-state index in [1.165, 1.54) is 5.57 Å². The van der Waals surface area contributed by atoms with Crippen molar-refractivity contribution in [3.63, 3.8) is 0 Å². The van der Waals surface area contributed by atoms with Crippen molar-refractivity contribution in [1.82, 2.24) is 0 Å². The lowest BCUT2D eigenvalue weighted by atomic mass is 9.91. The van der Waals surface area contributed by atoms with E-state index in [2.05, 4.69) is 6.08 Å². The maximum absolute atomic E-state index is 12.3. The molecule has 6 atom stereocenters. The molecule has 1 fully saturated rings. The highest BCUT2D eigenvalue weighted by Crippen LogP contribution is 2.43. The largest absolute Gasteiger partial charge is 0.483 e. The number of rotatable bonds is 9. The Labute approximate surface area is 205 Å². The topological polar surface area (TPSA) is 146 Å². The summed E-state index contributed by atoms with van der Waals surface area (Å²) in [4.78, 5) is 12.3. The molecule has 2 heterocycles. The second-order valence-corrected chi connectivity index (χ2v) is 9.59. The van der Waals surface area contributed by atoms with Crippen molar-refractivity contribution < 1.29 is 44.5 Å². The molecule has 0 amide bonds. The number of carboxylic acid groups (broad SMARTS) is 1. The first-order valence-electron chi connectivity index (χ1n) is 11.9. The molecule has 9 nitrogen and oxygen atoms in total. The maximum atomic E-state index is 12.3. The van der Waals surface area contributed by atoms with Gasteiger partial charge in [-0.2, -0.15) is 0 Å². The predicted octanol–water partition coefficient (Wildman–Crippen LogP) is 2.43. The third kappa shape index (κ3) is 5.87. The molecule has 3 rings (SSSR count). The summed E-state index contributed by atoms with van der Waals surface area (Å²) in [5.74, 6) is -0.841. The molecule has 5 N–H and O–H groups in total. The summed E-state index contributed by atoms with van der Waals surface area (Å²) >= 11 is 0. The van der Waals surface area contributed by atoms with Crippen LogP contribution in [-0.4, -0.2) is 74.4 Å². The van der Waals surface area contributed by atoms with Gasteiger partial charge in [-0.05, 0) is 63.8 Å². The van der Waals surface area contributed by atoms with E-state index in [1.54, 1.807) is 12.1 Å². The smallest absolute Gasteiger partial charge is 0.339 e. The van der Waals surface area contributed by atoms with Crippen LogP contribution in [-0.2, 0) is 11.2 Å². The Morgan fingerprint density at radius 2 is 1.91 bits per heavy atom. The normalized spacial score (nSPS) is 29.8. The molecule has 1 aromatic rings. The molecule has 9 heteroatoms. The molecule has 0 spiro atoms. The fourth-order valence-electron chi connectivity index (χ4n) is 4.37. The monoisotopic (exact) mass is 492 g/mol. The van der Waals surface area contributed by atoms with Gasteiger partial charge < -0.3 is 39.7 Å². The number of aliphatic hydroxyl groups excluding tert-OH is 4. The van der Waals surface area contributed by atoms with E-state index < -0.39 is 48.9 Å². The second-order valence-electron chi connectivity index (χ2n) is 9.59. The zero-order chi connectivity index (χ0) is 25.9. The zero-order valence-electron chi connectivity index (χ0n) is 20.6. The number of hydrogen-bond acceptors (Lipinski definition) is 8. The summed E-state index contributed by atoms with van der Waals surface area (Å²) in [6.45, 7) is 7.31. The maximum Gasteiger partial charge on any atom is 0.339 e. The average molecular weight is 493 g/mol. The Bertz CT molecular complexity index is 980. The number of ether oxygens (including phenoxy) is 3. The highest BCUT2D eigenvalue weighted by Gasteiger charge is 2.45. The lowest BCUT2D eigenvalue weighted by Crippen LogP contribution is -2.60. The molecule has 194 valence electrons. The SMILES string of the molecule is CCCc1cc2c(c(O[C@@H]3O[C@H](CO)[C@@H](O)[C@H](O)[C@H]3O)c1C(=O)O)C=CC(C)(CCC=C(C)C)O2. The van der Waals surface area contributed by atoms with E-state index in [-0.39, 0.29) is 11.3 Å². The summed E-state index contributed by atoms with van der Waals surface area (Å²) in [5, 5.41) is 50.3. The van der Waals surface area contributed by atoms with E-state index in [0.29, 0.717) is 36.1 Å². The van der Waals surface area contributed by atoms with E-state index in [1.807, 2.05) is 33.8 Å². The first kappa shape index (κ1) is 27.2. The Morgan fingerprint density at radius 1 is 1.20 bits per heavy atom. The number of allylic oxidation sites excluding steroid dienone is 2. The van der Waals surface area contributed by atoms with Crippen molar-refractivity contribution in [1.29, 1.82) is 0 Å². The Balaban J connectivity index is 2.05.